The molecule has 3 aromatic carbocycles. The summed E-state index contributed by atoms with van der Waals surface area (Å²) in [4.78, 5) is 4.18. The van der Waals surface area contributed by atoms with E-state index in [-0.39, 0.29) is 0 Å². The quantitative estimate of drug-likeness (QED) is 0.440. The monoisotopic (exact) mass is 442 g/mol. The number of rotatable bonds is 7. The molecule has 166 valence electrons. The first kappa shape index (κ1) is 21.8. The van der Waals surface area contributed by atoms with Gasteiger partial charge in [0.2, 0.25) is 0 Å². The Bertz CT molecular complexity index is 943. The van der Waals surface area contributed by atoms with Crippen LogP contribution in [0.15, 0.2) is 89.8 Å². The van der Waals surface area contributed by atoms with Crippen molar-refractivity contribution in [3.8, 4) is 0 Å². The highest BCUT2D eigenvalue weighted by molar-refractivity contribution is 7.98. The standard InChI is InChI=1S/C29H34N2S/c1-32-27-15-9-8-14-25(27)21-30-26-20-22-16-18-31(19-17-22)29(26)28(23-10-4-2-5-11-23)24-12-6-3-7-13-24/h2-15,22,26,28-30H,16-21H2,1H3. The largest absolute Gasteiger partial charge is 0.308 e. The zero-order valence-corrected chi connectivity index (χ0v) is 19.8. The molecule has 32 heavy (non-hydrogen) atoms. The van der Waals surface area contributed by atoms with E-state index in [1.54, 1.807) is 0 Å². The fourth-order valence-corrected chi connectivity index (χ4v) is 6.50. The van der Waals surface area contributed by atoms with Crippen LogP contribution in [-0.4, -0.2) is 36.3 Å². The number of fused-ring (bicyclic) bond motifs is 4. The second-order valence-corrected chi connectivity index (χ2v) is 10.2. The molecular formula is C29H34N2S. The van der Waals surface area contributed by atoms with Crippen molar-refractivity contribution < 1.29 is 0 Å². The molecule has 0 amide bonds. The molecule has 2 nitrogen and oxygen atoms in total. The van der Waals surface area contributed by atoms with E-state index >= 15 is 0 Å². The smallest absolute Gasteiger partial charge is 0.0358 e. The molecule has 0 saturated carbocycles. The molecule has 0 aromatic heterocycles. The van der Waals surface area contributed by atoms with E-state index in [1.165, 1.54) is 53.9 Å². The van der Waals surface area contributed by atoms with Gasteiger partial charge in [-0.3, -0.25) is 4.90 Å². The Morgan fingerprint density at radius 3 is 2.06 bits per heavy atom. The minimum Gasteiger partial charge on any atom is -0.308 e. The first-order valence-corrected chi connectivity index (χ1v) is 13.2. The summed E-state index contributed by atoms with van der Waals surface area (Å²) < 4.78 is 0. The van der Waals surface area contributed by atoms with Gasteiger partial charge in [0.05, 0.1) is 0 Å². The van der Waals surface area contributed by atoms with Gasteiger partial charge in [0.1, 0.15) is 0 Å². The molecule has 1 N–H and O–H groups in total. The normalized spacial score (nSPS) is 25.1. The molecule has 3 aliphatic heterocycles. The number of benzene rings is 3. The molecule has 3 aliphatic rings. The number of thioether (sulfide) groups is 1. The lowest BCUT2D eigenvalue weighted by Gasteiger charge is -2.41. The average Bonchev–Trinajstić information content (AvgIpc) is 3.14. The summed E-state index contributed by atoms with van der Waals surface area (Å²) in [6.07, 6.45) is 6.14. The number of nitrogens with one attached hydrogen (secondary N) is 1. The van der Waals surface area contributed by atoms with E-state index < -0.39 is 0 Å². The minimum atomic E-state index is 0.377. The van der Waals surface area contributed by atoms with Gasteiger partial charge in [-0.25, -0.2) is 0 Å². The van der Waals surface area contributed by atoms with Crippen LogP contribution in [0, 0.1) is 5.92 Å². The molecule has 3 saturated heterocycles. The van der Waals surface area contributed by atoms with Crippen LogP contribution in [-0.2, 0) is 6.54 Å². The third-order valence-corrected chi connectivity index (χ3v) is 8.31. The van der Waals surface area contributed by atoms with Gasteiger partial charge in [0.25, 0.3) is 0 Å². The van der Waals surface area contributed by atoms with Crippen molar-refractivity contribution in [3.63, 3.8) is 0 Å². The molecule has 2 bridgehead atoms. The van der Waals surface area contributed by atoms with E-state index in [4.69, 9.17) is 0 Å². The zero-order chi connectivity index (χ0) is 21.8. The second-order valence-electron chi connectivity index (χ2n) is 9.30. The van der Waals surface area contributed by atoms with Crippen LogP contribution in [0.3, 0.4) is 0 Å². The van der Waals surface area contributed by atoms with Crippen molar-refractivity contribution in [2.24, 2.45) is 5.92 Å². The number of nitrogens with zero attached hydrogens (tertiary/aromatic N) is 1. The highest BCUT2D eigenvalue weighted by atomic mass is 32.2. The van der Waals surface area contributed by atoms with E-state index in [2.05, 4.69) is 101 Å². The highest BCUT2D eigenvalue weighted by Crippen LogP contribution is 2.40. The Labute approximate surface area is 197 Å². The Balaban J connectivity index is 1.51. The van der Waals surface area contributed by atoms with Crippen molar-refractivity contribution in [1.82, 2.24) is 10.2 Å². The summed E-state index contributed by atoms with van der Waals surface area (Å²) in [6.45, 7) is 3.39. The molecular weight excluding hydrogens is 408 g/mol. The van der Waals surface area contributed by atoms with E-state index in [0.717, 1.165) is 12.5 Å². The van der Waals surface area contributed by atoms with Crippen LogP contribution in [0.25, 0.3) is 0 Å². The molecule has 2 atom stereocenters. The number of piperidine rings is 1. The second kappa shape index (κ2) is 10.2. The zero-order valence-electron chi connectivity index (χ0n) is 19.0. The predicted octanol–water partition coefficient (Wildman–Crippen LogP) is 6.18. The molecule has 3 fully saturated rings. The molecule has 6 rings (SSSR count). The maximum absolute atomic E-state index is 4.07. The first-order valence-electron chi connectivity index (χ1n) is 12.0. The third kappa shape index (κ3) is 4.66. The number of hydrogen-bond donors (Lipinski definition) is 1. The van der Waals surface area contributed by atoms with E-state index in [1.807, 2.05) is 11.8 Å². The first-order chi connectivity index (χ1) is 15.8. The summed E-state index contributed by atoms with van der Waals surface area (Å²) in [6, 6.07) is 32.2. The maximum atomic E-state index is 4.07. The minimum absolute atomic E-state index is 0.377. The van der Waals surface area contributed by atoms with Crippen molar-refractivity contribution in [2.75, 3.05) is 19.3 Å². The van der Waals surface area contributed by atoms with Gasteiger partial charge in [-0.15, -0.1) is 11.8 Å². The van der Waals surface area contributed by atoms with Crippen LogP contribution in [0.5, 0.6) is 0 Å². The van der Waals surface area contributed by atoms with Crippen molar-refractivity contribution in [3.05, 3.63) is 102 Å². The molecule has 3 aromatic rings. The number of hydrogen-bond acceptors (Lipinski definition) is 3. The van der Waals surface area contributed by atoms with Gasteiger partial charge in [-0.05, 0) is 67.3 Å². The van der Waals surface area contributed by atoms with Crippen molar-refractivity contribution in [1.29, 1.82) is 0 Å². The van der Waals surface area contributed by atoms with Crippen LogP contribution < -0.4 is 5.32 Å². The summed E-state index contributed by atoms with van der Waals surface area (Å²) in [5.74, 6) is 1.22. The van der Waals surface area contributed by atoms with E-state index in [9.17, 15) is 0 Å². The van der Waals surface area contributed by atoms with Gasteiger partial charge < -0.3 is 5.32 Å². The Hall–Kier alpha value is -2.07. The fourth-order valence-electron chi connectivity index (χ4n) is 5.88. The van der Waals surface area contributed by atoms with Gasteiger partial charge in [0, 0.05) is 29.4 Å². The Morgan fingerprint density at radius 1 is 0.844 bits per heavy atom. The fraction of sp³-hybridized carbons (Fsp3) is 0.379. The summed E-state index contributed by atoms with van der Waals surface area (Å²) in [5.41, 5.74) is 4.29. The van der Waals surface area contributed by atoms with Crippen LogP contribution >= 0.6 is 11.8 Å². The molecule has 2 unspecified atom stereocenters. The molecule has 0 spiro atoms. The van der Waals surface area contributed by atoms with Gasteiger partial charge in [-0.2, -0.15) is 0 Å². The highest BCUT2D eigenvalue weighted by Gasteiger charge is 2.41. The lowest BCUT2D eigenvalue weighted by molar-refractivity contribution is 0.142. The molecule has 3 heteroatoms. The molecule has 0 radical (unpaired) electrons. The molecule has 0 aliphatic carbocycles. The van der Waals surface area contributed by atoms with Crippen LogP contribution in [0.2, 0.25) is 0 Å². The average molecular weight is 443 g/mol. The summed E-state index contributed by atoms with van der Waals surface area (Å²) in [5, 5.41) is 4.07. The lowest BCUT2D eigenvalue weighted by Crippen LogP contribution is -2.52. The summed E-state index contributed by atoms with van der Waals surface area (Å²) >= 11 is 1.85. The molecule has 3 heterocycles. The van der Waals surface area contributed by atoms with Crippen molar-refractivity contribution in [2.45, 2.75) is 48.7 Å². The van der Waals surface area contributed by atoms with E-state index in [0.29, 0.717) is 18.0 Å². The predicted molar refractivity (Wildman–Crippen MR) is 136 cm³/mol. The van der Waals surface area contributed by atoms with Crippen LogP contribution in [0.1, 0.15) is 41.9 Å². The van der Waals surface area contributed by atoms with Gasteiger partial charge in [-0.1, -0.05) is 78.9 Å². The summed E-state index contributed by atoms with van der Waals surface area (Å²) in [7, 11) is 0. The maximum Gasteiger partial charge on any atom is 0.0358 e. The van der Waals surface area contributed by atoms with Gasteiger partial charge >= 0.3 is 0 Å². The SMILES string of the molecule is CSc1ccccc1CNC1CC2CCN(CC2)C1C(c1ccccc1)c1ccccc1. The van der Waals surface area contributed by atoms with Gasteiger partial charge in [0.15, 0.2) is 0 Å². The lowest BCUT2D eigenvalue weighted by atomic mass is 9.80. The van der Waals surface area contributed by atoms with Crippen molar-refractivity contribution >= 4 is 11.8 Å². The Kier molecular flexibility index (Phi) is 6.97. The van der Waals surface area contributed by atoms with Crippen LogP contribution in [0.4, 0.5) is 0 Å². The third-order valence-electron chi connectivity index (χ3n) is 7.48. The Morgan fingerprint density at radius 2 is 1.44 bits per heavy atom. The topological polar surface area (TPSA) is 15.3 Å².